The summed E-state index contributed by atoms with van der Waals surface area (Å²) in [6.45, 7) is 8.07. The minimum atomic E-state index is -1.00. The maximum Gasteiger partial charge on any atom is 0.321 e. The van der Waals surface area contributed by atoms with Crippen LogP contribution in [0.2, 0.25) is 0 Å². The second kappa shape index (κ2) is 6.78. The number of hydrogen-bond donors (Lipinski definition) is 3. The van der Waals surface area contributed by atoms with Crippen LogP contribution < -0.4 is 10.6 Å². The zero-order valence-corrected chi connectivity index (χ0v) is 15.5. The number of furan rings is 1. The number of carbonyl (C=O) groups is 1. The number of hydrogen-bond acceptors (Lipinski definition) is 4. The van der Waals surface area contributed by atoms with Crippen molar-refractivity contribution in [2.75, 3.05) is 0 Å². The fraction of sp³-hybridized carbons (Fsp3) is 0.350. The van der Waals surface area contributed by atoms with Crippen LogP contribution in [0.3, 0.4) is 0 Å². The van der Waals surface area contributed by atoms with Crippen molar-refractivity contribution in [1.29, 1.82) is 5.41 Å². The van der Waals surface area contributed by atoms with Gasteiger partial charge >= 0.3 is 6.03 Å². The molecule has 0 radical (unpaired) electrons. The Morgan fingerprint density at radius 2 is 2.23 bits per heavy atom. The Labute approximate surface area is 152 Å². The molecule has 3 heterocycles. The van der Waals surface area contributed by atoms with Gasteiger partial charge in [-0.05, 0) is 43.9 Å². The van der Waals surface area contributed by atoms with Gasteiger partial charge in [0.1, 0.15) is 17.1 Å². The van der Waals surface area contributed by atoms with Crippen LogP contribution in [0.15, 0.2) is 40.8 Å². The lowest BCUT2D eigenvalue weighted by Crippen LogP contribution is -2.39. The van der Waals surface area contributed by atoms with Crippen LogP contribution in [0.4, 0.5) is 4.79 Å². The Hall–Kier alpha value is -2.89. The van der Waals surface area contributed by atoms with Crippen LogP contribution >= 0.6 is 0 Å². The summed E-state index contributed by atoms with van der Waals surface area (Å²) in [5.41, 5.74) is 2.42. The van der Waals surface area contributed by atoms with Gasteiger partial charge in [-0.2, -0.15) is 0 Å². The third-order valence-corrected chi connectivity index (χ3v) is 4.88. The molecule has 2 aromatic rings. The second-order valence-corrected chi connectivity index (χ2v) is 6.73. The molecule has 1 aliphatic heterocycles. The first-order valence-electron chi connectivity index (χ1n) is 8.81. The molecule has 26 heavy (non-hydrogen) atoms. The zero-order chi connectivity index (χ0) is 18.9. The molecule has 1 fully saturated rings. The van der Waals surface area contributed by atoms with Crippen molar-refractivity contribution in [2.45, 2.75) is 39.7 Å². The van der Waals surface area contributed by atoms with Gasteiger partial charge in [-0.1, -0.05) is 32.1 Å². The molecule has 2 aromatic heterocycles. The van der Waals surface area contributed by atoms with Crippen molar-refractivity contribution in [2.24, 2.45) is 5.92 Å². The minimum Gasteiger partial charge on any atom is -0.456 e. The Kier molecular flexibility index (Phi) is 4.68. The molecule has 0 aliphatic carbocycles. The molecule has 1 aliphatic rings. The number of pyridine rings is 1. The largest absolute Gasteiger partial charge is 0.456 e. The van der Waals surface area contributed by atoms with Crippen LogP contribution in [0.5, 0.6) is 0 Å². The predicted molar refractivity (Wildman–Crippen MR) is 103 cm³/mol. The van der Waals surface area contributed by atoms with Crippen molar-refractivity contribution in [3.63, 3.8) is 0 Å². The van der Waals surface area contributed by atoms with Crippen LogP contribution in [0.1, 0.15) is 45.6 Å². The molecule has 2 amide bonds. The Morgan fingerprint density at radius 1 is 1.46 bits per heavy atom. The van der Waals surface area contributed by atoms with E-state index in [0.29, 0.717) is 22.8 Å². The maximum atomic E-state index is 11.6. The van der Waals surface area contributed by atoms with E-state index in [1.165, 1.54) is 5.57 Å². The lowest BCUT2D eigenvalue weighted by molar-refractivity contribution is 0.243. The highest BCUT2D eigenvalue weighted by Crippen LogP contribution is 2.32. The number of aromatic nitrogens is 1. The third kappa shape index (κ3) is 3.03. The Balaban J connectivity index is 2.05. The molecular formula is C20H24N4O2. The van der Waals surface area contributed by atoms with Crippen molar-refractivity contribution >= 4 is 28.5 Å². The summed E-state index contributed by atoms with van der Waals surface area (Å²) >= 11 is 0. The van der Waals surface area contributed by atoms with Gasteiger partial charge in [0.25, 0.3) is 0 Å². The second-order valence-electron chi connectivity index (χ2n) is 6.73. The van der Waals surface area contributed by atoms with E-state index in [9.17, 15) is 4.79 Å². The minimum absolute atomic E-state index is 0.0649. The third-order valence-electron chi connectivity index (χ3n) is 4.88. The summed E-state index contributed by atoms with van der Waals surface area (Å²) in [7, 11) is 0. The van der Waals surface area contributed by atoms with E-state index in [1.807, 2.05) is 31.2 Å². The molecule has 0 bridgehead atoms. The molecule has 136 valence electrons. The Morgan fingerprint density at radius 3 is 2.85 bits per heavy atom. The molecule has 6 heteroatoms. The number of fused-ring (bicyclic) bond motifs is 1. The summed E-state index contributed by atoms with van der Waals surface area (Å²) in [6, 6.07) is 5.24. The van der Waals surface area contributed by atoms with Crippen molar-refractivity contribution in [3.05, 3.63) is 47.9 Å². The normalized spacial score (nSPS) is 22.1. The first-order valence-corrected chi connectivity index (χ1v) is 8.81. The van der Waals surface area contributed by atoms with Gasteiger partial charge in [-0.3, -0.25) is 10.7 Å². The lowest BCUT2D eigenvalue weighted by Gasteiger charge is -2.18. The first-order chi connectivity index (χ1) is 12.4. The van der Waals surface area contributed by atoms with E-state index < -0.39 is 11.6 Å². The molecule has 2 unspecified atom stereocenters. The number of amides is 2. The highest BCUT2D eigenvalue weighted by molar-refractivity contribution is 6.08. The predicted octanol–water partition coefficient (Wildman–Crippen LogP) is 4.34. The van der Waals surface area contributed by atoms with E-state index in [1.54, 1.807) is 13.0 Å². The summed E-state index contributed by atoms with van der Waals surface area (Å²) < 4.78 is 5.88. The van der Waals surface area contributed by atoms with E-state index in [0.717, 1.165) is 12.1 Å². The first kappa shape index (κ1) is 17.9. The van der Waals surface area contributed by atoms with Gasteiger partial charge in [0.15, 0.2) is 11.1 Å². The molecule has 0 spiro atoms. The van der Waals surface area contributed by atoms with E-state index in [4.69, 9.17) is 14.8 Å². The van der Waals surface area contributed by atoms with Crippen molar-refractivity contribution < 1.29 is 9.21 Å². The topological polar surface area (TPSA) is 91.0 Å². The highest BCUT2D eigenvalue weighted by atomic mass is 16.3. The monoisotopic (exact) mass is 352 g/mol. The van der Waals surface area contributed by atoms with E-state index in [-0.39, 0.29) is 5.84 Å². The smallest absolute Gasteiger partial charge is 0.321 e. The molecule has 0 saturated carbocycles. The van der Waals surface area contributed by atoms with Gasteiger partial charge in [-0.15, -0.1) is 0 Å². The van der Waals surface area contributed by atoms with Gasteiger partial charge in [0.05, 0.1) is 5.69 Å². The number of allylic oxidation sites excluding steroid dienone is 4. The Bertz CT molecular complexity index is 925. The molecule has 0 aromatic carbocycles. The fourth-order valence-electron chi connectivity index (χ4n) is 3.00. The van der Waals surface area contributed by atoms with Gasteiger partial charge in [-0.25, -0.2) is 9.78 Å². The standard InChI is InChI=1S/C20H24N4O2/c1-5-7-8-13(12(3)6-2)14-9-10-16-15(22-14)11-17(26-16)20(4)18(21)23-19(25)24-20/h5,7-12H,6H2,1-4H3,(H3,21,23,24,25)/b7-5-,13-8+. The van der Waals surface area contributed by atoms with E-state index in [2.05, 4.69) is 30.6 Å². The molecule has 6 nitrogen and oxygen atoms in total. The SMILES string of the molecule is C/C=C\C=C(\c1ccc2oc(C3(C)NC(=O)NC3=N)cc2n1)C(C)CC. The molecule has 2 atom stereocenters. The van der Waals surface area contributed by atoms with Crippen LogP contribution in [0, 0.1) is 11.3 Å². The molecule has 3 N–H and O–H groups in total. The van der Waals surface area contributed by atoms with Gasteiger partial charge in [0, 0.05) is 6.07 Å². The van der Waals surface area contributed by atoms with Crippen LogP contribution in [0.25, 0.3) is 16.7 Å². The maximum absolute atomic E-state index is 11.6. The average Bonchev–Trinajstić information content (AvgIpc) is 3.16. The lowest BCUT2D eigenvalue weighted by atomic mass is 9.94. The molecule has 3 rings (SSSR count). The van der Waals surface area contributed by atoms with Gasteiger partial charge < -0.3 is 9.73 Å². The number of nitrogens with one attached hydrogen (secondary N) is 3. The summed E-state index contributed by atoms with van der Waals surface area (Å²) in [6.07, 6.45) is 7.14. The number of carbonyl (C=O) groups excluding carboxylic acids is 1. The molecule has 1 saturated heterocycles. The van der Waals surface area contributed by atoms with Crippen LogP contribution in [-0.4, -0.2) is 16.9 Å². The number of rotatable bonds is 5. The van der Waals surface area contributed by atoms with Gasteiger partial charge in [0.2, 0.25) is 0 Å². The van der Waals surface area contributed by atoms with E-state index >= 15 is 0 Å². The van der Waals surface area contributed by atoms with Crippen LogP contribution in [-0.2, 0) is 5.54 Å². The zero-order valence-electron chi connectivity index (χ0n) is 15.5. The molecular weight excluding hydrogens is 328 g/mol. The summed E-state index contributed by atoms with van der Waals surface area (Å²) in [4.78, 5) is 16.3. The average molecular weight is 352 g/mol. The highest BCUT2D eigenvalue weighted by Gasteiger charge is 2.43. The number of nitrogens with zero attached hydrogens (tertiary/aromatic N) is 1. The fourth-order valence-corrected chi connectivity index (χ4v) is 3.00. The quantitative estimate of drug-likeness (QED) is 0.699. The summed E-state index contributed by atoms with van der Waals surface area (Å²) in [5.74, 6) is 0.935. The number of amidine groups is 1. The van der Waals surface area contributed by atoms with Crippen molar-refractivity contribution in [1.82, 2.24) is 15.6 Å². The summed E-state index contributed by atoms with van der Waals surface area (Å²) in [5, 5.41) is 13.2. The van der Waals surface area contributed by atoms with Crippen molar-refractivity contribution in [3.8, 4) is 0 Å². The number of urea groups is 1.